The van der Waals surface area contributed by atoms with E-state index in [2.05, 4.69) is 46.4 Å². The molecule has 0 aliphatic heterocycles. The van der Waals surface area contributed by atoms with Gasteiger partial charge in [0.1, 0.15) is 17.5 Å². The summed E-state index contributed by atoms with van der Waals surface area (Å²) in [5.74, 6) is 0.135. The summed E-state index contributed by atoms with van der Waals surface area (Å²) in [7, 11) is 0. The highest BCUT2D eigenvalue weighted by atomic mass is 32.1. The maximum atomic E-state index is 12.3. The van der Waals surface area contributed by atoms with Gasteiger partial charge in [0, 0.05) is 34.4 Å². The van der Waals surface area contributed by atoms with E-state index in [0.29, 0.717) is 16.5 Å². The molecule has 9 nitrogen and oxygen atoms in total. The molecule has 0 aliphatic rings. The Bertz CT molecular complexity index is 1320. The van der Waals surface area contributed by atoms with Crippen LogP contribution in [0, 0.1) is 0 Å². The number of benzene rings is 1. The van der Waals surface area contributed by atoms with Gasteiger partial charge in [-0.15, -0.1) is 11.3 Å². The van der Waals surface area contributed by atoms with Crippen molar-refractivity contribution < 1.29 is 4.79 Å². The summed E-state index contributed by atoms with van der Waals surface area (Å²) < 4.78 is 1.74. The van der Waals surface area contributed by atoms with Gasteiger partial charge in [-0.25, -0.2) is 19.7 Å². The molecule has 10 heteroatoms. The SMILES string of the molecule is CC(C)(C)c1csc(NC(=O)Nc2ccc(-n3ccc(=O)c4c(N)ncnc43)cc2)n1. The van der Waals surface area contributed by atoms with E-state index in [4.69, 9.17) is 5.73 Å². The Hall–Kier alpha value is -3.79. The van der Waals surface area contributed by atoms with Crippen molar-refractivity contribution in [2.24, 2.45) is 0 Å². The van der Waals surface area contributed by atoms with Crippen molar-refractivity contribution in [2.75, 3.05) is 16.4 Å². The maximum Gasteiger partial charge on any atom is 0.325 e. The fourth-order valence-electron chi connectivity index (χ4n) is 2.95. The first-order valence-electron chi connectivity index (χ1n) is 9.49. The number of carbonyl (C=O) groups excluding carboxylic acids is 1. The molecule has 0 saturated heterocycles. The van der Waals surface area contributed by atoms with Crippen LogP contribution in [0.4, 0.5) is 21.4 Å². The van der Waals surface area contributed by atoms with Crippen molar-refractivity contribution in [3.05, 3.63) is 64.2 Å². The minimum atomic E-state index is -0.378. The number of nitrogens with zero attached hydrogens (tertiary/aromatic N) is 4. The van der Waals surface area contributed by atoms with Gasteiger partial charge in [-0.05, 0) is 24.3 Å². The number of amides is 2. The van der Waals surface area contributed by atoms with E-state index in [1.165, 1.54) is 23.7 Å². The quantitative estimate of drug-likeness (QED) is 0.449. The van der Waals surface area contributed by atoms with Crippen molar-refractivity contribution in [3.63, 3.8) is 0 Å². The molecule has 0 radical (unpaired) electrons. The zero-order valence-corrected chi connectivity index (χ0v) is 18.0. The van der Waals surface area contributed by atoms with E-state index in [-0.39, 0.29) is 28.1 Å². The lowest BCUT2D eigenvalue weighted by Crippen LogP contribution is -2.20. The van der Waals surface area contributed by atoms with E-state index in [1.54, 1.807) is 35.0 Å². The van der Waals surface area contributed by atoms with Crippen LogP contribution >= 0.6 is 11.3 Å². The monoisotopic (exact) mass is 435 g/mol. The van der Waals surface area contributed by atoms with E-state index < -0.39 is 0 Å². The highest BCUT2D eigenvalue weighted by Gasteiger charge is 2.18. The first-order chi connectivity index (χ1) is 14.7. The molecule has 1 aromatic carbocycles. The van der Waals surface area contributed by atoms with Gasteiger partial charge in [-0.1, -0.05) is 20.8 Å². The molecular weight excluding hydrogens is 414 g/mol. The summed E-state index contributed by atoms with van der Waals surface area (Å²) in [5.41, 5.74) is 8.23. The van der Waals surface area contributed by atoms with Crippen LogP contribution in [0.3, 0.4) is 0 Å². The third-order valence-corrected chi connectivity index (χ3v) is 5.36. The van der Waals surface area contributed by atoms with Crippen LogP contribution < -0.4 is 21.8 Å². The predicted octanol–water partition coefficient (Wildman–Crippen LogP) is 3.76. The van der Waals surface area contributed by atoms with Crippen molar-refractivity contribution >= 4 is 45.0 Å². The minimum absolute atomic E-state index is 0.0789. The molecule has 0 unspecified atom stereocenters. The standard InChI is InChI=1S/C21H21N7O2S/c1-21(2,3)15-10-31-20(26-15)27-19(30)25-12-4-6-13(7-5-12)28-9-8-14(29)16-17(22)23-11-24-18(16)28/h4-11H,1-3H3,(H2,22,23,24)(H2,25,26,27,30). The molecule has 31 heavy (non-hydrogen) atoms. The highest BCUT2D eigenvalue weighted by molar-refractivity contribution is 7.14. The molecule has 4 aromatic rings. The molecule has 3 aromatic heterocycles. The number of nitrogen functional groups attached to an aromatic ring is 1. The van der Waals surface area contributed by atoms with Gasteiger partial charge in [0.2, 0.25) is 0 Å². The van der Waals surface area contributed by atoms with Crippen LogP contribution in [0.25, 0.3) is 16.7 Å². The second-order valence-corrected chi connectivity index (χ2v) is 8.78. The third-order valence-electron chi connectivity index (χ3n) is 4.60. The van der Waals surface area contributed by atoms with Gasteiger partial charge in [0.05, 0.1) is 5.69 Å². The van der Waals surface area contributed by atoms with Crippen LogP contribution in [0.1, 0.15) is 26.5 Å². The second-order valence-electron chi connectivity index (χ2n) is 7.92. The van der Waals surface area contributed by atoms with Crippen LogP contribution in [-0.2, 0) is 5.41 Å². The molecule has 2 amide bonds. The normalized spacial score (nSPS) is 11.5. The van der Waals surface area contributed by atoms with Gasteiger partial charge >= 0.3 is 6.03 Å². The number of aromatic nitrogens is 4. The fraction of sp³-hybridized carbons (Fsp3) is 0.190. The van der Waals surface area contributed by atoms with Gasteiger partial charge in [-0.2, -0.15) is 0 Å². The molecule has 0 saturated carbocycles. The summed E-state index contributed by atoms with van der Waals surface area (Å²) >= 11 is 1.38. The minimum Gasteiger partial charge on any atom is -0.383 e. The summed E-state index contributed by atoms with van der Waals surface area (Å²) in [6.07, 6.45) is 2.94. The highest BCUT2D eigenvalue weighted by Crippen LogP contribution is 2.26. The molecule has 3 heterocycles. The lowest BCUT2D eigenvalue weighted by molar-refractivity contribution is 0.262. The van der Waals surface area contributed by atoms with Crippen LogP contribution in [0.2, 0.25) is 0 Å². The van der Waals surface area contributed by atoms with Crippen LogP contribution in [0.15, 0.2) is 53.0 Å². The second kappa shape index (κ2) is 7.80. The largest absolute Gasteiger partial charge is 0.383 e. The first-order valence-corrected chi connectivity index (χ1v) is 10.4. The van der Waals surface area contributed by atoms with E-state index >= 15 is 0 Å². The number of nitrogens with two attached hydrogens (primary N) is 1. The number of thiazole rings is 1. The Balaban J connectivity index is 1.52. The topological polar surface area (TPSA) is 128 Å². The number of fused-ring (bicyclic) bond motifs is 1. The molecule has 0 aliphatic carbocycles. The number of nitrogens with one attached hydrogen (secondary N) is 2. The smallest absolute Gasteiger partial charge is 0.325 e. The van der Waals surface area contributed by atoms with Gasteiger partial charge in [0.15, 0.2) is 16.2 Å². The average Bonchev–Trinajstić information content (AvgIpc) is 3.18. The molecule has 4 rings (SSSR count). The Kier molecular flexibility index (Phi) is 5.15. The average molecular weight is 436 g/mol. The van der Waals surface area contributed by atoms with Gasteiger partial charge in [0.25, 0.3) is 0 Å². The molecule has 0 bridgehead atoms. The summed E-state index contributed by atoms with van der Waals surface area (Å²) in [4.78, 5) is 37.0. The first kappa shape index (κ1) is 20.5. The predicted molar refractivity (Wildman–Crippen MR) is 123 cm³/mol. The molecule has 0 fully saturated rings. The fourth-order valence-corrected chi connectivity index (χ4v) is 3.89. The number of rotatable bonds is 3. The summed E-state index contributed by atoms with van der Waals surface area (Å²) in [6, 6.07) is 8.16. The van der Waals surface area contributed by atoms with Crippen LogP contribution in [0.5, 0.6) is 0 Å². The van der Waals surface area contributed by atoms with Crippen molar-refractivity contribution in [1.29, 1.82) is 0 Å². The summed E-state index contributed by atoms with van der Waals surface area (Å²) in [6.45, 7) is 6.21. The molecular formula is C21H21N7O2S. The summed E-state index contributed by atoms with van der Waals surface area (Å²) in [5, 5.41) is 8.28. The van der Waals surface area contributed by atoms with Crippen molar-refractivity contribution in [3.8, 4) is 5.69 Å². The lowest BCUT2D eigenvalue weighted by Gasteiger charge is -2.14. The Labute approximate surface area is 182 Å². The number of urea groups is 1. The lowest BCUT2D eigenvalue weighted by atomic mass is 9.93. The third kappa shape index (κ3) is 4.24. The van der Waals surface area contributed by atoms with Gasteiger partial charge < -0.3 is 15.6 Å². The Morgan fingerprint density at radius 1 is 1.10 bits per heavy atom. The Morgan fingerprint density at radius 2 is 1.84 bits per heavy atom. The van der Waals surface area contributed by atoms with E-state index in [0.717, 1.165) is 11.4 Å². The molecule has 0 atom stereocenters. The number of pyridine rings is 1. The van der Waals surface area contributed by atoms with Crippen LogP contribution in [-0.4, -0.2) is 25.6 Å². The molecule has 0 spiro atoms. The number of hydrogen-bond acceptors (Lipinski definition) is 7. The van der Waals surface area contributed by atoms with Crippen molar-refractivity contribution in [2.45, 2.75) is 26.2 Å². The molecule has 158 valence electrons. The number of carbonyl (C=O) groups is 1. The number of anilines is 3. The zero-order chi connectivity index (χ0) is 22.2. The van der Waals surface area contributed by atoms with Gasteiger partial charge in [-0.3, -0.25) is 10.1 Å². The van der Waals surface area contributed by atoms with Crippen molar-refractivity contribution in [1.82, 2.24) is 19.5 Å². The van der Waals surface area contributed by atoms with E-state index in [9.17, 15) is 9.59 Å². The van der Waals surface area contributed by atoms with E-state index in [1.807, 2.05) is 5.38 Å². The maximum absolute atomic E-state index is 12.3. The Morgan fingerprint density at radius 3 is 2.52 bits per heavy atom. The number of hydrogen-bond donors (Lipinski definition) is 3. The molecule has 4 N–H and O–H groups in total. The zero-order valence-electron chi connectivity index (χ0n) is 17.2.